The molecular weight excluding hydrogens is 417 g/mol. The molecule has 4 rings (SSSR count). The Morgan fingerprint density at radius 2 is 1.55 bits per heavy atom. The van der Waals surface area contributed by atoms with E-state index in [0.717, 1.165) is 17.0 Å². The number of imide groups is 1. The zero-order chi connectivity index (χ0) is 22.2. The number of anilines is 2. The number of hydrogen-bond donors (Lipinski definition) is 1. The van der Waals surface area contributed by atoms with Gasteiger partial charge in [0.15, 0.2) is 0 Å². The lowest BCUT2D eigenvalue weighted by atomic mass is 10.1. The average Bonchev–Trinajstić information content (AvgIpc) is 3.34. The maximum atomic E-state index is 12.6. The van der Waals surface area contributed by atoms with E-state index in [0.29, 0.717) is 5.69 Å². The molecule has 31 heavy (non-hydrogen) atoms. The van der Waals surface area contributed by atoms with E-state index in [2.05, 4.69) is 15.5 Å². The van der Waals surface area contributed by atoms with Crippen molar-refractivity contribution in [2.45, 2.75) is 19.0 Å². The van der Waals surface area contributed by atoms with Gasteiger partial charge in [-0.1, -0.05) is 5.10 Å². The fraction of sp³-hybridized carbons (Fsp3) is 0.150. The molecule has 11 heteroatoms. The Labute approximate surface area is 172 Å². The summed E-state index contributed by atoms with van der Waals surface area (Å²) < 4.78 is 43.2. The standard InChI is InChI=1S/C20H13F3N4O4/c21-20(22,23)13-5-1-12(2-6-13)18-25-26-19(31-18)24-17(30)11-3-7-14(8-4-11)27-15(28)9-10-16(27)29/h1-8H,9-10H2,(H,24,26,30). The monoisotopic (exact) mass is 430 g/mol. The minimum atomic E-state index is -4.46. The molecule has 0 aliphatic carbocycles. The van der Waals surface area contributed by atoms with Gasteiger partial charge in [0.2, 0.25) is 17.7 Å². The molecule has 1 aromatic heterocycles. The van der Waals surface area contributed by atoms with Crippen molar-refractivity contribution in [3.05, 3.63) is 59.7 Å². The maximum absolute atomic E-state index is 12.6. The molecule has 1 aliphatic rings. The minimum absolute atomic E-state index is 0.0644. The number of hydrogen-bond acceptors (Lipinski definition) is 6. The van der Waals surface area contributed by atoms with Crippen molar-refractivity contribution < 1.29 is 32.0 Å². The molecular formula is C20H13F3N4O4. The quantitative estimate of drug-likeness (QED) is 0.634. The van der Waals surface area contributed by atoms with Gasteiger partial charge < -0.3 is 4.42 Å². The number of nitrogens with one attached hydrogen (secondary N) is 1. The molecule has 1 saturated heterocycles. The normalized spacial score (nSPS) is 14.2. The summed E-state index contributed by atoms with van der Waals surface area (Å²) in [4.78, 5) is 37.0. The summed E-state index contributed by atoms with van der Waals surface area (Å²) in [6.45, 7) is 0. The highest BCUT2D eigenvalue weighted by Crippen LogP contribution is 2.31. The number of alkyl halides is 3. The second kappa shape index (κ2) is 7.67. The Hall–Kier alpha value is -4.02. The van der Waals surface area contributed by atoms with Crippen molar-refractivity contribution in [3.63, 3.8) is 0 Å². The summed E-state index contributed by atoms with van der Waals surface area (Å²) in [6, 6.07) is 9.68. The lowest BCUT2D eigenvalue weighted by Gasteiger charge is -2.13. The van der Waals surface area contributed by atoms with Crippen LogP contribution in [-0.2, 0) is 15.8 Å². The molecule has 2 heterocycles. The predicted molar refractivity (Wildman–Crippen MR) is 101 cm³/mol. The van der Waals surface area contributed by atoms with Gasteiger partial charge in [-0.2, -0.15) is 13.2 Å². The van der Waals surface area contributed by atoms with Crippen LogP contribution >= 0.6 is 0 Å². The fourth-order valence-electron chi connectivity index (χ4n) is 2.99. The van der Waals surface area contributed by atoms with E-state index >= 15 is 0 Å². The molecule has 0 spiro atoms. The predicted octanol–water partition coefficient (Wildman–Crippen LogP) is 3.66. The molecule has 0 bridgehead atoms. The lowest BCUT2D eigenvalue weighted by molar-refractivity contribution is -0.137. The lowest BCUT2D eigenvalue weighted by Crippen LogP contribution is -2.28. The van der Waals surface area contributed by atoms with Crippen LogP contribution in [0.15, 0.2) is 52.9 Å². The molecule has 0 atom stereocenters. The molecule has 1 fully saturated rings. The van der Waals surface area contributed by atoms with Crippen LogP contribution in [0.4, 0.5) is 24.9 Å². The Morgan fingerprint density at radius 3 is 2.13 bits per heavy atom. The molecule has 2 aromatic carbocycles. The van der Waals surface area contributed by atoms with Crippen molar-refractivity contribution >= 4 is 29.4 Å². The molecule has 0 saturated carbocycles. The average molecular weight is 430 g/mol. The summed E-state index contributed by atoms with van der Waals surface area (Å²) in [5.74, 6) is -1.26. The van der Waals surface area contributed by atoms with Gasteiger partial charge >= 0.3 is 12.2 Å². The highest BCUT2D eigenvalue weighted by molar-refractivity contribution is 6.20. The molecule has 8 nitrogen and oxygen atoms in total. The first-order valence-electron chi connectivity index (χ1n) is 9.01. The number of benzene rings is 2. The smallest absolute Gasteiger partial charge is 0.403 e. The Bertz CT molecular complexity index is 1140. The fourth-order valence-corrected chi connectivity index (χ4v) is 2.99. The topological polar surface area (TPSA) is 105 Å². The van der Waals surface area contributed by atoms with Crippen LogP contribution in [0, 0.1) is 0 Å². The van der Waals surface area contributed by atoms with E-state index in [-0.39, 0.29) is 47.7 Å². The largest absolute Gasteiger partial charge is 0.416 e. The van der Waals surface area contributed by atoms with Crippen LogP contribution in [0.2, 0.25) is 0 Å². The van der Waals surface area contributed by atoms with E-state index in [1.807, 2.05) is 0 Å². The third-order valence-electron chi connectivity index (χ3n) is 4.54. The number of nitrogens with zero attached hydrogens (tertiary/aromatic N) is 3. The number of amides is 3. The van der Waals surface area contributed by atoms with Crippen LogP contribution in [0.25, 0.3) is 11.5 Å². The number of rotatable bonds is 4. The van der Waals surface area contributed by atoms with Crippen molar-refractivity contribution in [1.29, 1.82) is 0 Å². The van der Waals surface area contributed by atoms with Crippen LogP contribution < -0.4 is 10.2 Å². The first-order valence-corrected chi connectivity index (χ1v) is 9.01. The van der Waals surface area contributed by atoms with Crippen LogP contribution in [-0.4, -0.2) is 27.9 Å². The molecule has 1 N–H and O–H groups in total. The number of carbonyl (C=O) groups is 3. The van der Waals surface area contributed by atoms with Crippen molar-refractivity contribution in [2.75, 3.05) is 10.2 Å². The van der Waals surface area contributed by atoms with Crippen molar-refractivity contribution in [1.82, 2.24) is 10.2 Å². The summed E-state index contributed by atoms with van der Waals surface area (Å²) in [5, 5.41) is 9.76. The highest BCUT2D eigenvalue weighted by atomic mass is 19.4. The maximum Gasteiger partial charge on any atom is 0.416 e. The number of aromatic nitrogens is 2. The summed E-state index contributed by atoms with van der Waals surface area (Å²) in [7, 11) is 0. The van der Waals surface area contributed by atoms with Gasteiger partial charge in [0.05, 0.1) is 11.3 Å². The van der Waals surface area contributed by atoms with Gasteiger partial charge in [0.1, 0.15) is 0 Å². The zero-order valence-corrected chi connectivity index (χ0v) is 15.6. The Morgan fingerprint density at radius 1 is 0.935 bits per heavy atom. The Balaban J connectivity index is 1.44. The van der Waals surface area contributed by atoms with Gasteiger partial charge in [0, 0.05) is 24.0 Å². The molecule has 3 aromatic rings. The van der Waals surface area contributed by atoms with Crippen LogP contribution in [0.5, 0.6) is 0 Å². The zero-order valence-electron chi connectivity index (χ0n) is 15.6. The number of carbonyl (C=O) groups excluding carboxylic acids is 3. The molecule has 0 radical (unpaired) electrons. The molecule has 1 aliphatic heterocycles. The van der Waals surface area contributed by atoms with Crippen molar-refractivity contribution in [2.24, 2.45) is 0 Å². The summed E-state index contributed by atoms with van der Waals surface area (Å²) in [6.07, 6.45) is -4.16. The first-order chi connectivity index (χ1) is 14.7. The van der Waals surface area contributed by atoms with E-state index < -0.39 is 17.6 Å². The van der Waals surface area contributed by atoms with Gasteiger partial charge in [0.25, 0.3) is 5.91 Å². The first kappa shape index (κ1) is 20.3. The highest BCUT2D eigenvalue weighted by Gasteiger charge is 2.31. The molecule has 0 unspecified atom stereocenters. The van der Waals surface area contributed by atoms with Gasteiger partial charge in [-0.3, -0.25) is 24.6 Å². The second-order valence-corrected chi connectivity index (χ2v) is 6.61. The SMILES string of the molecule is O=C(Nc1nnc(-c2ccc(C(F)(F)F)cc2)o1)c1ccc(N2C(=O)CCC2=O)cc1. The van der Waals surface area contributed by atoms with Crippen LogP contribution in [0.3, 0.4) is 0 Å². The van der Waals surface area contributed by atoms with E-state index in [4.69, 9.17) is 4.42 Å². The van der Waals surface area contributed by atoms with Crippen LogP contribution in [0.1, 0.15) is 28.8 Å². The third kappa shape index (κ3) is 4.15. The van der Waals surface area contributed by atoms with Gasteiger partial charge in [-0.25, -0.2) is 0 Å². The van der Waals surface area contributed by atoms with E-state index in [1.165, 1.54) is 36.4 Å². The van der Waals surface area contributed by atoms with Gasteiger partial charge in [-0.05, 0) is 48.5 Å². The summed E-state index contributed by atoms with van der Waals surface area (Å²) in [5.41, 5.74) is 0.0129. The minimum Gasteiger partial charge on any atom is -0.403 e. The van der Waals surface area contributed by atoms with E-state index in [1.54, 1.807) is 0 Å². The Kier molecular flexibility index (Phi) is 5.01. The van der Waals surface area contributed by atoms with Crippen molar-refractivity contribution in [3.8, 4) is 11.5 Å². The third-order valence-corrected chi connectivity index (χ3v) is 4.54. The molecule has 3 amide bonds. The van der Waals surface area contributed by atoms with E-state index in [9.17, 15) is 27.6 Å². The summed E-state index contributed by atoms with van der Waals surface area (Å²) >= 11 is 0. The second-order valence-electron chi connectivity index (χ2n) is 6.61. The molecule has 158 valence electrons. The number of halogens is 3. The van der Waals surface area contributed by atoms with Gasteiger partial charge in [-0.15, -0.1) is 5.10 Å².